The molecule has 2 atom stereocenters. The molecule has 4 aliphatic rings. The van der Waals surface area contributed by atoms with Crippen LogP contribution < -0.4 is 5.73 Å². The van der Waals surface area contributed by atoms with Gasteiger partial charge in [-0.2, -0.15) is 0 Å². The third kappa shape index (κ3) is 2.88. The fraction of sp³-hybridized carbons (Fsp3) is 0.282. The fourth-order valence-corrected chi connectivity index (χ4v) is 8.85. The fourth-order valence-electron chi connectivity index (χ4n) is 8.85. The lowest BCUT2D eigenvalue weighted by Gasteiger charge is -2.43. The molecule has 0 bridgehead atoms. The average Bonchev–Trinajstić information content (AvgIpc) is 3.42. The van der Waals surface area contributed by atoms with E-state index in [0.717, 1.165) is 5.69 Å². The summed E-state index contributed by atoms with van der Waals surface area (Å²) in [5, 5.41) is 0. The maximum absolute atomic E-state index is 7.16. The SMILES string of the molecule is CC1(C)CCC(C)(C)c2c(-c3cc4c(cc3N)C3(c5ccccc5-c5ccccc53)C3C=CC=CC43)cccc21. The van der Waals surface area contributed by atoms with E-state index in [9.17, 15) is 0 Å². The lowest BCUT2D eigenvalue weighted by Crippen LogP contribution is -2.34. The minimum Gasteiger partial charge on any atom is -0.398 e. The van der Waals surface area contributed by atoms with Crippen molar-refractivity contribution in [3.8, 4) is 22.3 Å². The number of anilines is 1. The standard InChI is InChI=1S/C39H37N/c1-37(2)20-21-38(3,4)36-27(15-11-19-33(36)37)29-22-28-26-14-7-10-18-32(26)39(34(28)23-35(29)40)30-16-8-5-12-24(30)25-13-6-9-17-31(25)39/h5-19,22-23,26,32H,20-21,40H2,1-4H3. The zero-order valence-electron chi connectivity index (χ0n) is 24.0. The van der Waals surface area contributed by atoms with E-state index in [1.54, 1.807) is 0 Å². The molecule has 0 saturated heterocycles. The molecule has 1 heteroatoms. The number of hydrogen-bond acceptors (Lipinski definition) is 1. The number of fused-ring (bicyclic) bond motifs is 11. The van der Waals surface area contributed by atoms with Crippen LogP contribution in [0.15, 0.2) is 103 Å². The van der Waals surface area contributed by atoms with Crippen LogP contribution in [0, 0.1) is 5.92 Å². The maximum atomic E-state index is 7.16. The number of nitrogens with two attached hydrogens (primary N) is 1. The molecule has 0 aliphatic heterocycles. The van der Waals surface area contributed by atoms with E-state index in [1.807, 2.05) is 0 Å². The molecule has 198 valence electrons. The van der Waals surface area contributed by atoms with Crippen LogP contribution in [0.25, 0.3) is 22.3 Å². The van der Waals surface area contributed by atoms with Crippen molar-refractivity contribution < 1.29 is 0 Å². The first-order chi connectivity index (χ1) is 19.2. The highest BCUT2D eigenvalue weighted by molar-refractivity contribution is 5.89. The molecule has 0 amide bonds. The second kappa shape index (κ2) is 7.88. The van der Waals surface area contributed by atoms with Crippen LogP contribution in [-0.4, -0.2) is 0 Å². The third-order valence-corrected chi connectivity index (χ3v) is 10.8. The Bertz CT molecular complexity index is 1730. The van der Waals surface area contributed by atoms with Crippen LogP contribution in [0.3, 0.4) is 0 Å². The average molecular weight is 520 g/mol. The summed E-state index contributed by atoms with van der Waals surface area (Å²) in [5.74, 6) is 0.620. The van der Waals surface area contributed by atoms with E-state index >= 15 is 0 Å². The van der Waals surface area contributed by atoms with Gasteiger partial charge >= 0.3 is 0 Å². The van der Waals surface area contributed by atoms with Crippen molar-refractivity contribution in [2.45, 2.75) is 62.7 Å². The molecule has 2 N–H and O–H groups in total. The highest BCUT2D eigenvalue weighted by Gasteiger charge is 2.57. The third-order valence-electron chi connectivity index (χ3n) is 10.8. The number of nitrogen functional groups attached to an aromatic ring is 1. The number of allylic oxidation sites excluding steroid dienone is 4. The molecule has 1 nitrogen and oxygen atoms in total. The Morgan fingerprint density at radius 3 is 1.93 bits per heavy atom. The molecule has 1 spiro atoms. The summed E-state index contributed by atoms with van der Waals surface area (Å²) in [6.45, 7) is 9.64. The van der Waals surface area contributed by atoms with Crippen LogP contribution in [0.5, 0.6) is 0 Å². The largest absolute Gasteiger partial charge is 0.398 e. The topological polar surface area (TPSA) is 26.0 Å². The van der Waals surface area contributed by atoms with Crippen LogP contribution in [-0.2, 0) is 16.2 Å². The van der Waals surface area contributed by atoms with Gasteiger partial charge in [-0.05, 0) is 85.9 Å². The molecule has 4 aromatic rings. The van der Waals surface area contributed by atoms with E-state index in [1.165, 1.54) is 68.5 Å². The van der Waals surface area contributed by atoms with Crippen LogP contribution >= 0.6 is 0 Å². The molecule has 8 rings (SSSR count). The van der Waals surface area contributed by atoms with Gasteiger partial charge in [-0.25, -0.2) is 0 Å². The van der Waals surface area contributed by atoms with Gasteiger partial charge < -0.3 is 5.73 Å². The molecular weight excluding hydrogens is 482 g/mol. The van der Waals surface area contributed by atoms with Crippen molar-refractivity contribution >= 4 is 5.69 Å². The second-order valence-corrected chi connectivity index (χ2v) is 13.7. The van der Waals surface area contributed by atoms with E-state index in [0.29, 0.717) is 11.8 Å². The zero-order chi connectivity index (χ0) is 27.4. The predicted molar refractivity (Wildman–Crippen MR) is 168 cm³/mol. The maximum Gasteiger partial charge on any atom is 0.0538 e. The molecule has 40 heavy (non-hydrogen) atoms. The first kappa shape index (κ1) is 24.0. The van der Waals surface area contributed by atoms with Crippen molar-refractivity contribution in [2.24, 2.45) is 5.92 Å². The van der Waals surface area contributed by atoms with Crippen LogP contribution in [0.4, 0.5) is 5.69 Å². The summed E-state index contributed by atoms with van der Waals surface area (Å²) in [6.07, 6.45) is 11.8. The summed E-state index contributed by atoms with van der Waals surface area (Å²) >= 11 is 0. The number of hydrogen-bond donors (Lipinski definition) is 1. The highest BCUT2D eigenvalue weighted by Crippen LogP contribution is 2.66. The molecule has 2 unspecified atom stereocenters. The Morgan fingerprint density at radius 2 is 1.20 bits per heavy atom. The lowest BCUT2D eigenvalue weighted by molar-refractivity contribution is 0.333. The van der Waals surface area contributed by atoms with Gasteiger partial charge in [0.15, 0.2) is 0 Å². The minimum absolute atomic E-state index is 0.105. The van der Waals surface area contributed by atoms with Crippen molar-refractivity contribution in [3.63, 3.8) is 0 Å². The summed E-state index contributed by atoms with van der Waals surface area (Å²) in [7, 11) is 0. The van der Waals surface area contributed by atoms with Crippen molar-refractivity contribution in [2.75, 3.05) is 5.73 Å². The molecule has 0 aromatic heterocycles. The van der Waals surface area contributed by atoms with Gasteiger partial charge in [0.25, 0.3) is 0 Å². The van der Waals surface area contributed by atoms with Crippen molar-refractivity contribution in [1.29, 1.82) is 0 Å². The van der Waals surface area contributed by atoms with E-state index in [-0.39, 0.29) is 16.2 Å². The molecule has 0 radical (unpaired) electrons. The summed E-state index contributed by atoms with van der Waals surface area (Å²) in [6, 6.07) is 29.8. The van der Waals surface area contributed by atoms with Gasteiger partial charge in [0.1, 0.15) is 0 Å². The normalized spacial score (nSPS) is 23.3. The van der Waals surface area contributed by atoms with Crippen LogP contribution in [0.2, 0.25) is 0 Å². The predicted octanol–water partition coefficient (Wildman–Crippen LogP) is 9.44. The Hall–Kier alpha value is -3.84. The van der Waals surface area contributed by atoms with Gasteiger partial charge in [0, 0.05) is 23.1 Å². The molecule has 4 aliphatic carbocycles. The second-order valence-electron chi connectivity index (χ2n) is 13.7. The summed E-state index contributed by atoms with van der Waals surface area (Å²) in [5.41, 5.74) is 21.9. The van der Waals surface area contributed by atoms with Gasteiger partial charge in [0.2, 0.25) is 0 Å². The molecule has 0 fully saturated rings. The van der Waals surface area contributed by atoms with E-state index < -0.39 is 0 Å². The lowest BCUT2D eigenvalue weighted by atomic mass is 9.61. The summed E-state index contributed by atoms with van der Waals surface area (Å²) < 4.78 is 0. The first-order valence-electron chi connectivity index (χ1n) is 14.9. The van der Waals surface area contributed by atoms with E-state index in [4.69, 9.17) is 5.73 Å². The van der Waals surface area contributed by atoms with Crippen molar-refractivity contribution in [1.82, 2.24) is 0 Å². The van der Waals surface area contributed by atoms with Gasteiger partial charge in [-0.15, -0.1) is 0 Å². The van der Waals surface area contributed by atoms with Crippen molar-refractivity contribution in [3.05, 3.63) is 137 Å². The Kier molecular flexibility index (Phi) is 4.73. The van der Waals surface area contributed by atoms with Crippen LogP contribution in [0.1, 0.15) is 79.8 Å². The Balaban J connectivity index is 1.43. The Morgan fingerprint density at radius 1 is 0.600 bits per heavy atom. The molecular formula is C39H37N. The number of rotatable bonds is 1. The summed E-state index contributed by atoms with van der Waals surface area (Å²) in [4.78, 5) is 0. The molecule has 0 heterocycles. The zero-order valence-corrected chi connectivity index (χ0v) is 24.0. The Labute approximate surface area is 238 Å². The van der Waals surface area contributed by atoms with E-state index in [2.05, 4.69) is 131 Å². The first-order valence-corrected chi connectivity index (χ1v) is 14.9. The molecule has 4 aromatic carbocycles. The smallest absolute Gasteiger partial charge is 0.0538 e. The number of benzene rings is 4. The monoisotopic (exact) mass is 519 g/mol. The van der Waals surface area contributed by atoms with Gasteiger partial charge in [-0.1, -0.05) is 119 Å². The minimum atomic E-state index is -0.238. The highest BCUT2D eigenvalue weighted by atomic mass is 14.6. The molecule has 0 saturated carbocycles. The van der Waals surface area contributed by atoms with Gasteiger partial charge in [0.05, 0.1) is 5.41 Å². The quantitative estimate of drug-likeness (QED) is 0.249. The van der Waals surface area contributed by atoms with Gasteiger partial charge in [-0.3, -0.25) is 0 Å².